The molecule has 0 aliphatic carbocycles. The number of pyridine rings is 1. The SMILES string of the molecule is Cc1cc(-c2cccc(-n3c4ccccc4c4ccc(C(c5ccccc5)(c5ccccc5)c5ccccn5)cc43)c2)n[nH]1. The zero-order valence-corrected chi connectivity index (χ0v) is 24.4. The highest BCUT2D eigenvalue weighted by Gasteiger charge is 2.40. The third kappa shape index (κ3) is 4.07. The second kappa shape index (κ2) is 10.5. The van der Waals surface area contributed by atoms with E-state index in [2.05, 4.69) is 160 Å². The Morgan fingerprint density at radius 2 is 1.27 bits per heavy atom. The maximum absolute atomic E-state index is 5.01. The van der Waals surface area contributed by atoms with E-state index in [1.54, 1.807) is 0 Å². The van der Waals surface area contributed by atoms with Gasteiger partial charge < -0.3 is 4.57 Å². The van der Waals surface area contributed by atoms with Crippen LogP contribution in [0.4, 0.5) is 0 Å². The Morgan fingerprint density at radius 1 is 0.568 bits per heavy atom. The average Bonchev–Trinajstić information content (AvgIpc) is 3.68. The van der Waals surface area contributed by atoms with Gasteiger partial charge in [0.05, 0.1) is 27.8 Å². The molecule has 5 aromatic carbocycles. The predicted octanol–water partition coefficient (Wildman–Crippen LogP) is 9.26. The molecule has 4 nitrogen and oxygen atoms in total. The van der Waals surface area contributed by atoms with Crippen molar-refractivity contribution in [1.82, 2.24) is 19.7 Å². The molecule has 0 spiro atoms. The smallest absolute Gasteiger partial charge is 0.0924 e. The number of nitrogens with zero attached hydrogens (tertiary/aromatic N) is 3. The number of rotatable bonds is 6. The monoisotopic (exact) mass is 566 g/mol. The van der Waals surface area contributed by atoms with Gasteiger partial charge in [0.15, 0.2) is 0 Å². The summed E-state index contributed by atoms with van der Waals surface area (Å²) in [5, 5.41) is 10.1. The first-order chi connectivity index (χ1) is 21.7. The Balaban J connectivity index is 1.46. The van der Waals surface area contributed by atoms with Crippen molar-refractivity contribution in [2.24, 2.45) is 0 Å². The number of fused-ring (bicyclic) bond motifs is 3. The minimum Gasteiger partial charge on any atom is -0.309 e. The molecule has 8 rings (SSSR count). The lowest BCUT2D eigenvalue weighted by Crippen LogP contribution is -2.32. The van der Waals surface area contributed by atoms with E-state index < -0.39 is 5.41 Å². The van der Waals surface area contributed by atoms with Crippen molar-refractivity contribution in [2.75, 3.05) is 0 Å². The molecule has 0 saturated heterocycles. The summed E-state index contributed by atoms with van der Waals surface area (Å²) < 4.78 is 2.39. The number of aryl methyl sites for hydroxylation is 1. The minimum absolute atomic E-state index is 0.631. The van der Waals surface area contributed by atoms with E-state index >= 15 is 0 Å². The first-order valence-corrected chi connectivity index (χ1v) is 14.9. The van der Waals surface area contributed by atoms with Crippen LogP contribution in [0.3, 0.4) is 0 Å². The first-order valence-electron chi connectivity index (χ1n) is 14.9. The van der Waals surface area contributed by atoms with E-state index in [9.17, 15) is 0 Å². The molecule has 0 aliphatic rings. The number of hydrogen-bond donors (Lipinski definition) is 1. The Hall–Kier alpha value is -5.74. The maximum atomic E-state index is 5.01. The zero-order chi connectivity index (χ0) is 29.5. The topological polar surface area (TPSA) is 46.5 Å². The van der Waals surface area contributed by atoms with Crippen LogP contribution in [0.15, 0.2) is 158 Å². The minimum atomic E-state index is -0.631. The van der Waals surface area contributed by atoms with Gasteiger partial charge in [-0.05, 0) is 66.1 Å². The molecule has 0 bridgehead atoms. The summed E-state index contributed by atoms with van der Waals surface area (Å²) in [5.74, 6) is 0. The highest BCUT2D eigenvalue weighted by atomic mass is 15.1. The second-order valence-corrected chi connectivity index (χ2v) is 11.3. The van der Waals surface area contributed by atoms with Crippen molar-refractivity contribution in [3.63, 3.8) is 0 Å². The molecule has 0 atom stereocenters. The van der Waals surface area contributed by atoms with Crippen molar-refractivity contribution in [3.8, 4) is 16.9 Å². The summed E-state index contributed by atoms with van der Waals surface area (Å²) in [6, 6.07) is 54.1. The number of para-hydroxylation sites is 1. The van der Waals surface area contributed by atoms with E-state index in [1.807, 2.05) is 19.2 Å². The average molecular weight is 567 g/mol. The molecule has 44 heavy (non-hydrogen) atoms. The molecule has 0 aliphatic heterocycles. The summed E-state index contributed by atoms with van der Waals surface area (Å²) in [4.78, 5) is 5.01. The molecule has 3 aromatic heterocycles. The molecule has 0 amide bonds. The fourth-order valence-corrected chi connectivity index (χ4v) is 6.76. The second-order valence-electron chi connectivity index (χ2n) is 11.3. The van der Waals surface area contributed by atoms with Crippen molar-refractivity contribution in [3.05, 3.63) is 186 Å². The number of H-pyrrole nitrogens is 1. The van der Waals surface area contributed by atoms with Gasteiger partial charge in [0.25, 0.3) is 0 Å². The predicted molar refractivity (Wildman–Crippen MR) is 179 cm³/mol. The van der Waals surface area contributed by atoms with Crippen molar-refractivity contribution >= 4 is 21.8 Å². The molecule has 0 radical (unpaired) electrons. The first kappa shape index (κ1) is 25.9. The van der Waals surface area contributed by atoms with E-state index in [1.165, 1.54) is 21.9 Å². The fourth-order valence-electron chi connectivity index (χ4n) is 6.76. The highest BCUT2D eigenvalue weighted by Crippen LogP contribution is 2.46. The maximum Gasteiger partial charge on any atom is 0.0924 e. The van der Waals surface area contributed by atoms with Crippen LogP contribution >= 0.6 is 0 Å². The van der Waals surface area contributed by atoms with Crippen molar-refractivity contribution in [2.45, 2.75) is 12.3 Å². The third-order valence-electron chi connectivity index (χ3n) is 8.68. The van der Waals surface area contributed by atoms with E-state index in [0.717, 1.165) is 44.9 Å². The van der Waals surface area contributed by atoms with Crippen molar-refractivity contribution < 1.29 is 0 Å². The van der Waals surface area contributed by atoms with Crippen molar-refractivity contribution in [1.29, 1.82) is 0 Å². The van der Waals surface area contributed by atoms with E-state index in [-0.39, 0.29) is 0 Å². The number of aromatic nitrogens is 4. The molecule has 0 fully saturated rings. The van der Waals surface area contributed by atoms with Gasteiger partial charge in [-0.15, -0.1) is 0 Å². The third-order valence-corrected chi connectivity index (χ3v) is 8.68. The van der Waals surface area contributed by atoms with Crippen LogP contribution in [-0.2, 0) is 5.41 Å². The van der Waals surface area contributed by atoms with Gasteiger partial charge in [-0.2, -0.15) is 5.10 Å². The highest BCUT2D eigenvalue weighted by molar-refractivity contribution is 6.09. The van der Waals surface area contributed by atoms with Gasteiger partial charge in [0.2, 0.25) is 0 Å². The molecule has 3 heterocycles. The zero-order valence-electron chi connectivity index (χ0n) is 24.4. The number of aromatic amines is 1. The van der Waals surface area contributed by atoms with Crippen LogP contribution in [0.1, 0.15) is 28.1 Å². The molecular weight excluding hydrogens is 536 g/mol. The van der Waals surface area contributed by atoms with E-state index in [0.29, 0.717) is 0 Å². The van der Waals surface area contributed by atoms with Gasteiger partial charge in [-0.1, -0.05) is 109 Å². The number of benzene rings is 5. The number of nitrogens with one attached hydrogen (secondary N) is 1. The molecule has 0 saturated carbocycles. The summed E-state index contributed by atoms with van der Waals surface area (Å²) in [5.41, 5.74) is 10.3. The van der Waals surface area contributed by atoms with Gasteiger partial charge in [0, 0.05) is 33.9 Å². The molecule has 4 heteroatoms. The standard InChI is InChI=1S/C40H30N4/c1-28-25-36(43-42-28)29-13-12-18-33(26-29)44-37-20-9-8-19-34(37)35-23-22-32(27-38(35)44)40(30-14-4-2-5-15-30,31-16-6-3-7-17-31)39-21-10-11-24-41-39/h2-27H,1H3,(H,42,43). The van der Waals surface area contributed by atoms with Gasteiger partial charge in [-0.3, -0.25) is 10.1 Å². The fraction of sp³-hybridized carbons (Fsp3) is 0.0500. The van der Waals surface area contributed by atoms with Gasteiger partial charge in [0.1, 0.15) is 0 Å². The molecular formula is C40H30N4. The Kier molecular flexibility index (Phi) is 6.20. The van der Waals surface area contributed by atoms with E-state index in [4.69, 9.17) is 4.98 Å². The van der Waals surface area contributed by atoms with Crippen LogP contribution in [0.25, 0.3) is 38.8 Å². The van der Waals surface area contributed by atoms with Gasteiger partial charge in [-0.25, -0.2) is 0 Å². The lowest BCUT2D eigenvalue weighted by atomic mass is 9.67. The Bertz CT molecular complexity index is 2130. The van der Waals surface area contributed by atoms with Crippen LogP contribution in [0.2, 0.25) is 0 Å². The summed E-state index contributed by atoms with van der Waals surface area (Å²) in [7, 11) is 0. The van der Waals surface area contributed by atoms with Crippen LogP contribution in [-0.4, -0.2) is 19.7 Å². The molecule has 0 unspecified atom stereocenters. The van der Waals surface area contributed by atoms with Crippen LogP contribution in [0.5, 0.6) is 0 Å². The summed E-state index contributed by atoms with van der Waals surface area (Å²) >= 11 is 0. The lowest BCUT2D eigenvalue weighted by molar-refractivity contribution is 0.715. The quantitative estimate of drug-likeness (QED) is 0.204. The molecule has 210 valence electrons. The normalized spacial score (nSPS) is 11.8. The largest absolute Gasteiger partial charge is 0.309 e. The van der Waals surface area contributed by atoms with Crippen LogP contribution in [0, 0.1) is 6.92 Å². The lowest BCUT2D eigenvalue weighted by Gasteiger charge is -2.35. The number of hydrogen-bond acceptors (Lipinski definition) is 2. The van der Waals surface area contributed by atoms with Crippen LogP contribution < -0.4 is 0 Å². The Morgan fingerprint density at radius 3 is 1.98 bits per heavy atom. The summed E-state index contributed by atoms with van der Waals surface area (Å²) in [6.45, 7) is 2.03. The summed E-state index contributed by atoms with van der Waals surface area (Å²) in [6.07, 6.45) is 1.90. The molecule has 1 N–H and O–H groups in total. The Labute approximate surface area is 256 Å². The molecule has 8 aromatic rings. The van der Waals surface area contributed by atoms with Gasteiger partial charge >= 0.3 is 0 Å².